The molecule has 0 saturated carbocycles. The van der Waals surface area contributed by atoms with E-state index in [4.69, 9.17) is 5.11 Å². The van der Waals surface area contributed by atoms with Gasteiger partial charge in [-0.15, -0.1) is 0 Å². The lowest BCUT2D eigenvalue weighted by molar-refractivity contribution is 0.0696. The fraction of sp³-hybridized carbons (Fsp3) is 0.278. The van der Waals surface area contributed by atoms with Gasteiger partial charge in [0.05, 0.1) is 5.56 Å². The molecule has 2 rings (SSSR count). The summed E-state index contributed by atoms with van der Waals surface area (Å²) in [6.45, 7) is 2.84. The molecule has 0 saturated heterocycles. The van der Waals surface area contributed by atoms with E-state index >= 15 is 0 Å². The van der Waals surface area contributed by atoms with Crippen molar-refractivity contribution in [3.05, 3.63) is 69.7 Å². The Balaban J connectivity index is 1.80. The summed E-state index contributed by atoms with van der Waals surface area (Å²) in [7, 11) is 0. The van der Waals surface area contributed by atoms with Crippen molar-refractivity contribution in [1.29, 1.82) is 0 Å². The lowest BCUT2D eigenvalue weighted by Gasteiger charge is -2.14. The Hall–Kier alpha value is -1.65. The van der Waals surface area contributed by atoms with E-state index in [9.17, 15) is 4.79 Å². The lowest BCUT2D eigenvalue weighted by atomic mass is 10.1. The van der Waals surface area contributed by atoms with E-state index in [0.717, 1.165) is 22.9 Å². The molecule has 0 aliphatic carbocycles. The number of nitrogens with one attached hydrogen (secondary N) is 1. The van der Waals surface area contributed by atoms with Crippen LogP contribution in [0.4, 0.5) is 0 Å². The topological polar surface area (TPSA) is 49.3 Å². The summed E-state index contributed by atoms with van der Waals surface area (Å²) in [6.07, 6.45) is 2.07. The summed E-state index contributed by atoms with van der Waals surface area (Å²) in [6, 6.07) is 15.8. The zero-order valence-corrected chi connectivity index (χ0v) is 14.1. The molecule has 0 fully saturated rings. The molecule has 0 aliphatic heterocycles. The molecule has 0 aliphatic rings. The van der Waals surface area contributed by atoms with E-state index in [-0.39, 0.29) is 0 Å². The second kappa shape index (κ2) is 8.11. The van der Waals surface area contributed by atoms with E-state index in [1.165, 1.54) is 5.56 Å². The molecule has 4 heteroatoms. The van der Waals surface area contributed by atoms with Gasteiger partial charge in [-0.25, -0.2) is 4.79 Å². The van der Waals surface area contributed by atoms with Gasteiger partial charge in [0.1, 0.15) is 0 Å². The van der Waals surface area contributed by atoms with Gasteiger partial charge in [0, 0.05) is 17.1 Å². The van der Waals surface area contributed by atoms with E-state index in [1.807, 2.05) is 6.07 Å². The van der Waals surface area contributed by atoms with Crippen LogP contribution < -0.4 is 5.32 Å². The standard InChI is InChI=1S/C18H20BrNO2/c1-13(5-6-14-7-9-17(19)10-8-14)20-12-15-3-2-4-16(11-15)18(21)22/h2-4,7-11,13,20H,5-6,12H2,1H3,(H,21,22). The van der Waals surface area contributed by atoms with Crippen LogP contribution >= 0.6 is 15.9 Å². The van der Waals surface area contributed by atoms with Crippen LogP contribution in [0.15, 0.2) is 53.0 Å². The number of halogens is 1. The molecule has 2 aromatic carbocycles. The highest BCUT2D eigenvalue weighted by atomic mass is 79.9. The van der Waals surface area contributed by atoms with Gasteiger partial charge in [-0.2, -0.15) is 0 Å². The van der Waals surface area contributed by atoms with Gasteiger partial charge in [-0.05, 0) is 55.2 Å². The Bertz CT molecular complexity index is 625. The fourth-order valence-electron chi connectivity index (χ4n) is 2.24. The molecule has 2 aromatic rings. The van der Waals surface area contributed by atoms with Crippen LogP contribution in [0.2, 0.25) is 0 Å². The average Bonchev–Trinajstić information content (AvgIpc) is 2.52. The molecule has 3 nitrogen and oxygen atoms in total. The Kier molecular flexibility index (Phi) is 6.16. The number of hydrogen-bond donors (Lipinski definition) is 2. The smallest absolute Gasteiger partial charge is 0.335 e. The second-order valence-corrected chi connectivity index (χ2v) is 6.37. The van der Waals surface area contributed by atoms with Gasteiger partial charge in [-0.3, -0.25) is 0 Å². The zero-order valence-electron chi connectivity index (χ0n) is 12.6. The number of benzene rings is 2. The first-order valence-electron chi connectivity index (χ1n) is 7.34. The minimum atomic E-state index is -0.884. The third-order valence-electron chi connectivity index (χ3n) is 3.61. The highest BCUT2D eigenvalue weighted by Gasteiger charge is 2.05. The number of carboxylic acids is 1. The lowest BCUT2D eigenvalue weighted by Crippen LogP contribution is -2.26. The van der Waals surface area contributed by atoms with E-state index in [0.29, 0.717) is 18.2 Å². The van der Waals surface area contributed by atoms with Crippen molar-refractivity contribution in [2.75, 3.05) is 0 Å². The van der Waals surface area contributed by atoms with Gasteiger partial charge in [0.25, 0.3) is 0 Å². The van der Waals surface area contributed by atoms with Crippen molar-refractivity contribution in [3.8, 4) is 0 Å². The Morgan fingerprint density at radius 2 is 1.91 bits per heavy atom. The van der Waals surface area contributed by atoms with Crippen LogP contribution in [0, 0.1) is 0 Å². The molecule has 0 spiro atoms. The number of carbonyl (C=O) groups is 1. The predicted molar refractivity (Wildman–Crippen MR) is 92.2 cm³/mol. The van der Waals surface area contributed by atoms with Crippen LogP contribution in [0.1, 0.15) is 34.8 Å². The molecule has 2 N–H and O–H groups in total. The van der Waals surface area contributed by atoms with Crippen molar-refractivity contribution in [2.45, 2.75) is 32.4 Å². The first kappa shape index (κ1) is 16.7. The molecular formula is C18H20BrNO2. The van der Waals surface area contributed by atoms with Crippen molar-refractivity contribution in [2.24, 2.45) is 0 Å². The molecule has 0 bridgehead atoms. The Morgan fingerprint density at radius 3 is 2.59 bits per heavy atom. The van der Waals surface area contributed by atoms with Crippen LogP contribution in [0.5, 0.6) is 0 Å². The number of carboxylic acid groups (broad SMARTS) is 1. The Labute approximate surface area is 139 Å². The molecule has 1 unspecified atom stereocenters. The largest absolute Gasteiger partial charge is 0.478 e. The minimum Gasteiger partial charge on any atom is -0.478 e. The van der Waals surface area contributed by atoms with Crippen LogP contribution in [-0.2, 0) is 13.0 Å². The maximum absolute atomic E-state index is 11.0. The van der Waals surface area contributed by atoms with Gasteiger partial charge in [0.2, 0.25) is 0 Å². The molecule has 0 heterocycles. The SMILES string of the molecule is CC(CCc1ccc(Br)cc1)NCc1cccc(C(=O)O)c1. The molecule has 22 heavy (non-hydrogen) atoms. The first-order valence-corrected chi connectivity index (χ1v) is 8.14. The minimum absolute atomic E-state index is 0.335. The second-order valence-electron chi connectivity index (χ2n) is 5.45. The summed E-state index contributed by atoms with van der Waals surface area (Å²) >= 11 is 3.44. The van der Waals surface area contributed by atoms with Crippen LogP contribution in [0.3, 0.4) is 0 Å². The van der Waals surface area contributed by atoms with E-state index in [1.54, 1.807) is 18.2 Å². The van der Waals surface area contributed by atoms with Crippen molar-refractivity contribution in [3.63, 3.8) is 0 Å². The molecule has 0 radical (unpaired) electrons. The molecule has 116 valence electrons. The van der Waals surface area contributed by atoms with Crippen molar-refractivity contribution in [1.82, 2.24) is 5.32 Å². The van der Waals surface area contributed by atoms with Crippen LogP contribution in [0.25, 0.3) is 0 Å². The summed E-state index contributed by atoms with van der Waals surface area (Å²) < 4.78 is 1.10. The maximum Gasteiger partial charge on any atom is 0.335 e. The monoisotopic (exact) mass is 361 g/mol. The first-order chi connectivity index (χ1) is 10.5. The van der Waals surface area contributed by atoms with Crippen molar-refractivity contribution < 1.29 is 9.90 Å². The number of rotatable bonds is 7. The van der Waals surface area contributed by atoms with Gasteiger partial charge in [-0.1, -0.05) is 40.2 Å². The highest BCUT2D eigenvalue weighted by molar-refractivity contribution is 9.10. The summed E-state index contributed by atoms with van der Waals surface area (Å²) in [5, 5.41) is 12.4. The Morgan fingerprint density at radius 1 is 1.18 bits per heavy atom. The molecule has 1 atom stereocenters. The number of aromatic carboxylic acids is 1. The molecule has 0 aromatic heterocycles. The third kappa shape index (κ3) is 5.28. The van der Waals surface area contributed by atoms with E-state index in [2.05, 4.69) is 52.4 Å². The quantitative estimate of drug-likeness (QED) is 0.774. The van der Waals surface area contributed by atoms with Gasteiger partial charge in [0.15, 0.2) is 0 Å². The zero-order chi connectivity index (χ0) is 15.9. The fourth-order valence-corrected chi connectivity index (χ4v) is 2.51. The molecule has 0 amide bonds. The van der Waals surface area contributed by atoms with Crippen molar-refractivity contribution >= 4 is 21.9 Å². The predicted octanol–water partition coefficient (Wildman–Crippen LogP) is 4.26. The summed E-state index contributed by atoms with van der Waals surface area (Å²) in [5.74, 6) is -0.884. The van der Waals surface area contributed by atoms with Gasteiger partial charge >= 0.3 is 5.97 Å². The normalized spacial score (nSPS) is 12.1. The van der Waals surface area contributed by atoms with E-state index < -0.39 is 5.97 Å². The maximum atomic E-state index is 11.0. The van der Waals surface area contributed by atoms with Crippen LogP contribution in [-0.4, -0.2) is 17.1 Å². The number of aryl methyl sites for hydroxylation is 1. The molecular weight excluding hydrogens is 342 g/mol. The highest BCUT2D eigenvalue weighted by Crippen LogP contribution is 2.13. The summed E-state index contributed by atoms with van der Waals surface area (Å²) in [5.41, 5.74) is 2.65. The summed E-state index contributed by atoms with van der Waals surface area (Å²) in [4.78, 5) is 11.0. The van der Waals surface area contributed by atoms with Gasteiger partial charge < -0.3 is 10.4 Å². The number of hydrogen-bond acceptors (Lipinski definition) is 2. The average molecular weight is 362 g/mol. The third-order valence-corrected chi connectivity index (χ3v) is 4.14.